The Morgan fingerprint density at radius 1 is 1.35 bits per heavy atom. The first-order chi connectivity index (χ1) is 9.78. The zero-order valence-electron chi connectivity index (χ0n) is 11.9. The molecular weight excluding hydrogens is 258 g/mol. The molecule has 1 aliphatic rings. The van der Waals surface area contributed by atoms with E-state index in [0.29, 0.717) is 13.2 Å². The monoisotopic (exact) mass is 279 g/mol. The first-order valence-corrected chi connectivity index (χ1v) is 6.59. The predicted octanol–water partition coefficient (Wildman–Crippen LogP) is 0.754. The summed E-state index contributed by atoms with van der Waals surface area (Å²) in [6.07, 6.45) is 0. The van der Waals surface area contributed by atoms with Crippen LogP contribution in [0.2, 0.25) is 0 Å². The van der Waals surface area contributed by atoms with Gasteiger partial charge in [0.05, 0.1) is 19.9 Å². The summed E-state index contributed by atoms with van der Waals surface area (Å²) in [5.74, 6) is 1.75. The molecule has 1 fully saturated rings. The molecule has 1 aromatic carbocycles. The molecule has 1 heterocycles. The summed E-state index contributed by atoms with van der Waals surface area (Å²) in [6, 6.07) is 5.60. The molecule has 3 N–H and O–H groups in total. The van der Waals surface area contributed by atoms with Gasteiger partial charge in [0.25, 0.3) is 0 Å². The molecule has 0 radical (unpaired) electrons. The summed E-state index contributed by atoms with van der Waals surface area (Å²) in [4.78, 5) is 5.42. The van der Waals surface area contributed by atoms with Crippen LogP contribution in [0.3, 0.4) is 0 Å². The van der Waals surface area contributed by atoms with E-state index in [2.05, 4.69) is 10.5 Å². The van der Waals surface area contributed by atoms with Gasteiger partial charge in [0, 0.05) is 37.2 Å². The second kappa shape index (κ2) is 7.12. The Morgan fingerprint density at radius 2 is 2.20 bits per heavy atom. The average Bonchev–Trinajstić information content (AvgIpc) is 2.95. The van der Waals surface area contributed by atoms with Gasteiger partial charge >= 0.3 is 0 Å². The summed E-state index contributed by atoms with van der Waals surface area (Å²) in [7, 11) is 3.24. The fourth-order valence-corrected chi connectivity index (χ4v) is 2.12. The van der Waals surface area contributed by atoms with Gasteiger partial charge in [-0.3, -0.25) is 0 Å². The number of ether oxygens (including phenoxy) is 2. The molecule has 0 spiro atoms. The second-order valence-corrected chi connectivity index (χ2v) is 4.60. The van der Waals surface area contributed by atoms with Crippen LogP contribution >= 0.6 is 0 Å². The van der Waals surface area contributed by atoms with Crippen molar-refractivity contribution in [2.75, 3.05) is 33.9 Å². The van der Waals surface area contributed by atoms with Gasteiger partial charge in [-0.25, -0.2) is 0 Å². The van der Waals surface area contributed by atoms with E-state index >= 15 is 0 Å². The SMILES string of the molecule is COc1ccc(CO/N=C2\CNCC2CN)c(OC)c1. The molecule has 1 aliphatic heterocycles. The van der Waals surface area contributed by atoms with Crippen LogP contribution in [0.25, 0.3) is 0 Å². The minimum Gasteiger partial charge on any atom is -0.497 e. The molecule has 0 aliphatic carbocycles. The lowest BCUT2D eigenvalue weighted by Crippen LogP contribution is -2.22. The molecule has 1 unspecified atom stereocenters. The summed E-state index contributed by atoms with van der Waals surface area (Å²) >= 11 is 0. The molecule has 0 saturated carbocycles. The van der Waals surface area contributed by atoms with Crippen molar-refractivity contribution in [2.45, 2.75) is 6.61 Å². The van der Waals surface area contributed by atoms with Gasteiger partial charge in [0.15, 0.2) is 0 Å². The van der Waals surface area contributed by atoms with Crippen LogP contribution in [0.4, 0.5) is 0 Å². The lowest BCUT2D eigenvalue weighted by atomic mass is 10.1. The Hall–Kier alpha value is -1.79. The van der Waals surface area contributed by atoms with Crippen LogP contribution in [0, 0.1) is 5.92 Å². The van der Waals surface area contributed by atoms with Crippen molar-refractivity contribution in [3.63, 3.8) is 0 Å². The maximum atomic E-state index is 5.67. The highest BCUT2D eigenvalue weighted by Gasteiger charge is 2.21. The van der Waals surface area contributed by atoms with E-state index in [9.17, 15) is 0 Å². The van der Waals surface area contributed by atoms with Crippen molar-refractivity contribution in [3.05, 3.63) is 23.8 Å². The Labute approximate surface area is 118 Å². The van der Waals surface area contributed by atoms with Crippen molar-refractivity contribution in [2.24, 2.45) is 16.8 Å². The Balaban J connectivity index is 1.98. The van der Waals surface area contributed by atoms with E-state index < -0.39 is 0 Å². The molecular formula is C14H21N3O3. The molecule has 6 nitrogen and oxygen atoms in total. The largest absolute Gasteiger partial charge is 0.497 e. The van der Waals surface area contributed by atoms with Crippen LogP contribution in [-0.4, -0.2) is 39.6 Å². The average molecular weight is 279 g/mol. The Kier molecular flexibility index (Phi) is 5.20. The van der Waals surface area contributed by atoms with Gasteiger partial charge in [-0.15, -0.1) is 0 Å². The van der Waals surface area contributed by atoms with Gasteiger partial charge in [0.2, 0.25) is 0 Å². The van der Waals surface area contributed by atoms with Gasteiger partial charge in [-0.05, 0) is 12.1 Å². The lowest BCUT2D eigenvalue weighted by Gasteiger charge is -2.10. The molecule has 0 bridgehead atoms. The summed E-state index contributed by atoms with van der Waals surface area (Å²) < 4.78 is 10.5. The highest BCUT2D eigenvalue weighted by atomic mass is 16.6. The molecule has 20 heavy (non-hydrogen) atoms. The second-order valence-electron chi connectivity index (χ2n) is 4.60. The van der Waals surface area contributed by atoms with E-state index in [4.69, 9.17) is 20.0 Å². The zero-order chi connectivity index (χ0) is 14.4. The fraction of sp³-hybridized carbons (Fsp3) is 0.500. The number of nitrogens with two attached hydrogens (primary N) is 1. The third-order valence-corrected chi connectivity index (χ3v) is 3.35. The molecule has 1 atom stereocenters. The van der Waals surface area contributed by atoms with E-state index in [1.54, 1.807) is 14.2 Å². The molecule has 1 saturated heterocycles. The van der Waals surface area contributed by atoms with E-state index in [1.165, 1.54) is 0 Å². The third kappa shape index (κ3) is 3.40. The highest BCUT2D eigenvalue weighted by molar-refractivity contribution is 5.90. The van der Waals surface area contributed by atoms with E-state index in [1.807, 2.05) is 18.2 Å². The number of methoxy groups -OCH3 is 2. The smallest absolute Gasteiger partial charge is 0.145 e. The maximum absolute atomic E-state index is 5.67. The third-order valence-electron chi connectivity index (χ3n) is 3.35. The topological polar surface area (TPSA) is 78.1 Å². The first-order valence-electron chi connectivity index (χ1n) is 6.59. The van der Waals surface area contributed by atoms with Gasteiger partial charge in [0.1, 0.15) is 18.1 Å². The predicted molar refractivity (Wildman–Crippen MR) is 77.2 cm³/mol. The minimum atomic E-state index is 0.271. The number of hydrogen-bond acceptors (Lipinski definition) is 6. The molecule has 2 rings (SSSR count). The number of oxime groups is 1. The van der Waals surface area contributed by atoms with Crippen molar-refractivity contribution in [1.29, 1.82) is 0 Å². The van der Waals surface area contributed by atoms with Crippen LogP contribution in [-0.2, 0) is 11.4 Å². The van der Waals surface area contributed by atoms with Gasteiger partial charge < -0.3 is 25.4 Å². The summed E-state index contributed by atoms with van der Waals surface area (Å²) in [5.41, 5.74) is 7.57. The Morgan fingerprint density at radius 3 is 2.90 bits per heavy atom. The number of nitrogens with one attached hydrogen (secondary N) is 1. The normalized spacial score (nSPS) is 20.1. The van der Waals surface area contributed by atoms with Crippen LogP contribution in [0.5, 0.6) is 11.5 Å². The maximum Gasteiger partial charge on any atom is 0.145 e. The first kappa shape index (κ1) is 14.6. The molecule has 6 heteroatoms. The molecule has 110 valence electrons. The van der Waals surface area contributed by atoms with E-state index in [-0.39, 0.29) is 5.92 Å². The van der Waals surface area contributed by atoms with E-state index in [0.717, 1.165) is 35.9 Å². The highest BCUT2D eigenvalue weighted by Crippen LogP contribution is 2.25. The van der Waals surface area contributed by atoms with Crippen molar-refractivity contribution < 1.29 is 14.3 Å². The lowest BCUT2D eigenvalue weighted by molar-refractivity contribution is 0.127. The fourth-order valence-electron chi connectivity index (χ4n) is 2.12. The van der Waals surface area contributed by atoms with Gasteiger partial charge in [-0.1, -0.05) is 5.16 Å². The van der Waals surface area contributed by atoms with Gasteiger partial charge in [-0.2, -0.15) is 0 Å². The number of benzene rings is 1. The van der Waals surface area contributed by atoms with Crippen molar-refractivity contribution in [3.8, 4) is 11.5 Å². The quantitative estimate of drug-likeness (QED) is 0.752. The molecule has 1 aromatic rings. The number of rotatable bonds is 6. The number of nitrogens with zero attached hydrogens (tertiary/aromatic N) is 1. The standard InChI is InChI=1S/C14H21N3O3/c1-18-12-4-3-10(14(5-12)19-2)9-20-17-13-8-16-7-11(13)6-15/h3-5,11,16H,6-9,15H2,1-2H3/b17-13+. The zero-order valence-corrected chi connectivity index (χ0v) is 11.9. The van der Waals surface area contributed by atoms with Crippen LogP contribution < -0.4 is 20.5 Å². The Bertz CT molecular complexity index is 477. The summed E-state index contributed by atoms with van der Waals surface area (Å²) in [5, 5.41) is 7.40. The van der Waals surface area contributed by atoms with Crippen LogP contribution in [0.1, 0.15) is 5.56 Å². The van der Waals surface area contributed by atoms with Crippen molar-refractivity contribution >= 4 is 5.71 Å². The summed E-state index contributed by atoms with van der Waals surface area (Å²) in [6.45, 7) is 2.54. The van der Waals surface area contributed by atoms with Crippen molar-refractivity contribution in [1.82, 2.24) is 5.32 Å². The molecule has 0 aromatic heterocycles. The minimum absolute atomic E-state index is 0.271. The number of hydrogen-bond donors (Lipinski definition) is 2. The van der Waals surface area contributed by atoms with Crippen LogP contribution in [0.15, 0.2) is 23.4 Å². The molecule has 0 amide bonds.